The van der Waals surface area contributed by atoms with Crippen LogP contribution in [0.5, 0.6) is 0 Å². The number of hydrogen-bond donors (Lipinski definition) is 1. The van der Waals surface area contributed by atoms with Gasteiger partial charge in [0.05, 0.1) is 22.6 Å². The lowest BCUT2D eigenvalue weighted by atomic mass is 10.1. The lowest BCUT2D eigenvalue weighted by Gasteiger charge is -2.15. The predicted molar refractivity (Wildman–Crippen MR) is 85.5 cm³/mol. The van der Waals surface area contributed by atoms with E-state index >= 15 is 0 Å². The van der Waals surface area contributed by atoms with Crippen molar-refractivity contribution in [1.82, 2.24) is 4.90 Å². The van der Waals surface area contributed by atoms with Crippen molar-refractivity contribution < 1.29 is 31.2 Å². The van der Waals surface area contributed by atoms with Gasteiger partial charge in [0, 0.05) is 6.54 Å². The predicted octanol–water partition coefficient (Wildman–Crippen LogP) is 2.14. The molecular formula is C16H11F3N2O4S. The van der Waals surface area contributed by atoms with Crippen LogP contribution in [0.15, 0.2) is 36.4 Å². The highest BCUT2D eigenvalue weighted by Crippen LogP contribution is 2.23. The van der Waals surface area contributed by atoms with E-state index in [1.165, 1.54) is 12.1 Å². The normalized spacial score (nSPS) is 13.9. The second-order valence-corrected chi connectivity index (χ2v) is 7.29. The Hall–Kier alpha value is -2.88. The van der Waals surface area contributed by atoms with E-state index in [1.54, 1.807) is 16.9 Å². The maximum atomic E-state index is 13.6. The molecule has 1 aliphatic rings. The summed E-state index contributed by atoms with van der Waals surface area (Å²) in [4.78, 5) is 25.1. The van der Waals surface area contributed by atoms with Gasteiger partial charge < -0.3 is 0 Å². The van der Waals surface area contributed by atoms with Gasteiger partial charge in [-0.25, -0.2) is 21.6 Å². The number of halogens is 3. The molecule has 1 N–H and O–H groups in total. The number of rotatable bonds is 5. The van der Waals surface area contributed by atoms with Crippen LogP contribution in [0.1, 0.15) is 20.7 Å². The summed E-state index contributed by atoms with van der Waals surface area (Å²) in [6, 6.07) is 7.32. The first-order chi connectivity index (χ1) is 12.2. The Morgan fingerprint density at radius 2 is 1.46 bits per heavy atom. The van der Waals surface area contributed by atoms with Gasteiger partial charge >= 0.3 is 0 Å². The zero-order chi connectivity index (χ0) is 19.1. The molecule has 10 heteroatoms. The molecule has 6 nitrogen and oxygen atoms in total. The van der Waals surface area contributed by atoms with Crippen LogP contribution >= 0.6 is 0 Å². The van der Waals surface area contributed by atoms with Crippen molar-refractivity contribution in [3.63, 3.8) is 0 Å². The number of nitrogens with zero attached hydrogens (tertiary/aromatic N) is 1. The molecule has 2 aromatic carbocycles. The molecule has 3 rings (SSSR count). The van der Waals surface area contributed by atoms with E-state index in [4.69, 9.17) is 0 Å². The standard InChI is InChI=1S/C16H11F3N2O4S/c17-11-5-6-12(14(19)13(11)18)20-26(24,25)8-7-21-15(22)9-3-1-2-4-10(9)16(21)23/h1-6,20H,7-8H2. The number of benzene rings is 2. The Morgan fingerprint density at radius 1 is 0.885 bits per heavy atom. The van der Waals surface area contributed by atoms with E-state index in [1.807, 2.05) is 0 Å². The highest BCUT2D eigenvalue weighted by molar-refractivity contribution is 7.92. The van der Waals surface area contributed by atoms with Crippen molar-refractivity contribution in [2.45, 2.75) is 0 Å². The van der Waals surface area contributed by atoms with E-state index in [9.17, 15) is 31.2 Å². The molecule has 2 aromatic rings. The molecule has 26 heavy (non-hydrogen) atoms. The van der Waals surface area contributed by atoms with Crippen LogP contribution in [0.25, 0.3) is 0 Å². The Bertz CT molecular complexity index is 989. The van der Waals surface area contributed by atoms with Gasteiger partial charge in [-0.2, -0.15) is 0 Å². The maximum Gasteiger partial charge on any atom is 0.261 e. The summed E-state index contributed by atoms with van der Waals surface area (Å²) in [6.07, 6.45) is 0. The summed E-state index contributed by atoms with van der Waals surface area (Å²) in [7, 11) is -4.23. The van der Waals surface area contributed by atoms with Gasteiger partial charge in [0.1, 0.15) is 0 Å². The van der Waals surface area contributed by atoms with Gasteiger partial charge in [-0.3, -0.25) is 19.2 Å². The highest BCUT2D eigenvalue weighted by atomic mass is 32.2. The lowest BCUT2D eigenvalue weighted by Crippen LogP contribution is -2.35. The van der Waals surface area contributed by atoms with Crippen molar-refractivity contribution in [3.05, 3.63) is 65.0 Å². The Kier molecular flexibility index (Phi) is 4.45. The number of imide groups is 1. The van der Waals surface area contributed by atoms with Crippen LogP contribution in [-0.4, -0.2) is 37.4 Å². The van der Waals surface area contributed by atoms with Crippen molar-refractivity contribution in [3.8, 4) is 0 Å². The zero-order valence-electron chi connectivity index (χ0n) is 13.0. The minimum Gasteiger partial charge on any atom is -0.280 e. The number of anilines is 1. The fraction of sp³-hybridized carbons (Fsp3) is 0.125. The molecule has 0 aliphatic carbocycles. The third-order valence-corrected chi connectivity index (χ3v) is 5.01. The van der Waals surface area contributed by atoms with E-state index in [-0.39, 0.29) is 11.1 Å². The number of carbonyl (C=O) groups excluding carboxylic acids is 2. The molecule has 0 saturated carbocycles. The van der Waals surface area contributed by atoms with Gasteiger partial charge in [0.25, 0.3) is 11.8 Å². The summed E-state index contributed by atoms with van der Waals surface area (Å²) in [6.45, 7) is -0.479. The molecule has 2 amide bonds. The SMILES string of the molecule is O=C1c2ccccc2C(=O)N1CCS(=O)(=O)Nc1ccc(F)c(F)c1F. The summed E-state index contributed by atoms with van der Waals surface area (Å²) in [5, 5.41) is 0. The summed E-state index contributed by atoms with van der Waals surface area (Å²) < 4.78 is 65.5. The van der Waals surface area contributed by atoms with Gasteiger partial charge in [-0.05, 0) is 24.3 Å². The summed E-state index contributed by atoms with van der Waals surface area (Å²) in [5.74, 6) is -6.98. The Labute approximate surface area is 146 Å². The van der Waals surface area contributed by atoms with E-state index < -0.39 is 57.3 Å². The van der Waals surface area contributed by atoms with E-state index in [0.717, 1.165) is 11.0 Å². The third-order valence-electron chi connectivity index (χ3n) is 3.76. The van der Waals surface area contributed by atoms with Crippen molar-refractivity contribution in [2.75, 3.05) is 17.0 Å². The molecule has 0 saturated heterocycles. The van der Waals surface area contributed by atoms with Crippen LogP contribution in [0.2, 0.25) is 0 Å². The molecule has 0 fully saturated rings. The number of hydrogen-bond acceptors (Lipinski definition) is 4. The molecule has 0 unspecified atom stereocenters. The van der Waals surface area contributed by atoms with Crippen LogP contribution in [-0.2, 0) is 10.0 Å². The Balaban J connectivity index is 1.73. The first-order valence-corrected chi connectivity index (χ1v) is 8.96. The smallest absolute Gasteiger partial charge is 0.261 e. The third kappa shape index (κ3) is 3.15. The van der Waals surface area contributed by atoms with Crippen molar-refractivity contribution in [2.24, 2.45) is 0 Å². The average Bonchev–Trinajstić information content (AvgIpc) is 2.85. The molecule has 0 spiro atoms. The average molecular weight is 384 g/mol. The molecule has 0 atom stereocenters. The quantitative estimate of drug-likeness (QED) is 0.633. The lowest BCUT2D eigenvalue weighted by molar-refractivity contribution is 0.0664. The molecule has 1 heterocycles. The topological polar surface area (TPSA) is 83.6 Å². The van der Waals surface area contributed by atoms with Crippen LogP contribution < -0.4 is 4.72 Å². The number of carbonyl (C=O) groups is 2. The van der Waals surface area contributed by atoms with Crippen LogP contribution in [0.4, 0.5) is 18.9 Å². The largest absolute Gasteiger partial charge is 0.280 e. The van der Waals surface area contributed by atoms with Crippen molar-refractivity contribution in [1.29, 1.82) is 0 Å². The van der Waals surface area contributed by atoms with E-state index in [0.29, 0.717) is 6.07 Å². The van der Waals surface area contributed by atoms with Gasteiger partial charge in [-0.15, -0.1) is 0 Å². The minimum atomic E-state index is -4.23. The number of amides is 2. The first-order valence-electron chi connectivity index (χ1n) is 7.30. The second kappa shape index (κ2) is 6.45. The fourth-order valence-corrected chi connectivity index (χ4v) is 3.49. The van der Waals surface area contributed by atoms with Gasteiger partial charge in [0.2, 0.25) is 10.0 Å². The van der Waals surface area contributed by atoms with Gasteiger partial charge in [0.15, 0.2) is 17.5 Å². The highest BCUT2D eigenvalue weighted by Gasteiger charge is 2.35. The number of fused-ring (bicyclic) bond motifs is 1. The summed E-state index contributed by atoms with van der Waals surface area (Å²) in [5.41, 5.74) is -0.449. The first kappa shape index (κ1) is 17.9. The van der Waals surface area contributed by atoms with Gasteiger partial charge in [-0.1, -0.05) is 12.1 Å². The molecule has 1 aliphatic heterocycles. The number of sulfonamides is 1. The molecule has 0 radical (unpaired) electrons. The molecule has 0 bridgehead atoms. The summed E-state index contributed by atoms with van der Waals surface area (Å²) >= 11 is 0. The Morgan fingerprint density at radius 3 is 2.04 bits per heavy atom. The fourth-order valence-electron chi connectivity index (χ4n) is 2.48. The molecular weight excluding hydrogens is 373 g/mol. The minimum absolute atomic E-state index is 0.162. The monoisotopic (exact) mass is 384 g/mol. The van der Waals surface area contributed by atoms with Crippen LogP contribution in [0.3, 0.4) is 0 Å². The van der Waals surface area contributed by atoms with E-state index in [2.05, 4.69) is 0 Å². The van der Waals surface area contributed by atoms with Crippen LogP contribution in [0, 0.1) is 17.5 Å². The molecule has 0 aromatic heterocycles. The van der Waals surface area contributed by atoms with Crippen molar-refractivity contribution >= 4 is 27.5 Å². The maximum absolute atomic E-state index is 13.6. The zero-order valence-corrected chi connectivity index (χ0v) is 13.8. The number of nitrogens with one attached hydrogen (secondary N) is 1. The molecule has 136 valence electrons. The second-order valence-electron chi connectivity index (χ2n) is 5.45.